The highest BCUT2D eigenvalue weighted by atomic mass is 79.9. The van der Waals surface area contributed by atoms with E-state index in [1.165, 1.54) is 0 Å². The van der Waals surface area contributed by atoms with Crippen molar-refractivity contribution in [3.8, 4) is 6.01 Å². The van der Waals surface area contributed by atoms with E-state index in [4.69, 9.17) is 4.74 Å². The molecule has 1 aromatic heterocycles. The maximum Gasteiger partial charge on any atom is 0.321 e. The van der Waals surface area contributed by atoms with Crippen LogP contribution in [0, 0.1) is 0 Å². The molecule has 1 atom stereocenters. The predicted octanol–water partition coefficient (Wildman–Crippen LogP) is 2.92. The number of likely N-dealkylation sites (tertiary alicyclic amines) is 1. The second-order valence-electron chi connectivity index (χ2n) is 4.95. The summed E-state index contributed by atoms with van der Waals surface area (Å²) in [7, 11) is 0. The van der Waals surface area contributed by atoms with Gasteiger partial charge in [-0.1, -0.05) is 18.2 Å². The Hall–Kier alpha value is -2.15. The summed E-state index contributed by atoms with van der Waals surface area (Å²) in [5.41, 5.74) is 0.785. The Bertz CT molecular complexity index is 636. The maximum absolute atomic E-state index is 12.2. The molecule has 3 rings (SSSR count). The number of para-hydroxylation sites is 1. The molecule has 2 heterocycles. The monoisotopic (exact) mass is 362 g/mol. The van der Waals surface area contributed by atoms with Gasteiger partial charge in [0.1, 0.15) is 6.10 Å². The first-order chi connectivity index (χ1) is 10.7. The minimum atomic E-state index is -0.117. The van der Waals surface area contributed by atoms with Gasteiger partial charge in [-0.15, -0.1) is 0 Å². The van der Waals surface area contributed by atoms with Crippen molar-refractivity contribution in [1.82, 2.24) is 14.9 Å². The third kappa shape index (κ3) is 3.73. The standard InChI is InChI=1S/C15H15BrN4O2/c16-11-8-17-14(18-9-11)22-13-6-7-20(10-13)15(21)19-12-4-2-1-3-5-12/h1-5,8-9,13H,6-7,10H2,(H,19,21). The van der Waals surface area contributed by atoms with Crippen molar-refractivity contribution in [3.63, 3.8) is 0 Å². The number of urea groups is 1. The molecule has 2 amide bonds. The molecule has 1 aromatic carbocycles. The normalized spacial score (nSPS) is 17.3. The molecular weight excluding hydrogens is 348 g/mol. The fourth-order valence-corrected chi connectivity index (χ4v) is 2.45. The quantitative estimate of drug-likeness (QED) is 0.911. The number of carbonyl (C=O) groups excluding carboxylic acids is 1. The number of nitrogens with zero attached hydrogens (tertiary/aromatic N) is 3. The van der Waals surface area contributed by atoms with Crippen LogP contribution in [0.25, 0.3) is 0 Å². The van der Waals surface area contributed by atoms with Crippen LogP contribution in [0.5, 0.6) is 6.01 Å². The number of anilines is 1. The lowest BCUT2D eigenvalue weighted by atomic mass is 10.3. The number of hydrogen-bond acceptors (Lipinski definition) is 4. The van der Waals surface area contributed by atoms with Gasteiger partial charge in [0.25, 0.3) is 0 Å². The van der Waals surface area contributed by atoms with E-state index in [1.54, 1.807) is 17.3 Å². The van der Waals surface area contributed by atoms with Crippen molar-refractivity contribution in [2.24, 2.45) is 0 Å². The average Bonchev–Trinajstić information content (AvgIpc) is 2.99. The van der Waals surface area contributed by atoms with E-state index in [-0.39, 0.29) is 12.1 Å². The van der Waals surface area contributed by atoms with Crippen LogP contribution in [0.1, 0.15) is 6.42 Å². The minimum Gasteiger partial charge on any atom is -0.458 e. The highest BCUT2D eigenvalue weighted by Crippen LogP contribution is 2.17. The molecule has 2 aromatic rings. The van der Waals surface area contributed by atoms with Crippen molar-refractivity contribution < 1.29 is 9.53 Å². The number of nitrogens with one attached hydrogen (secondary N) is 1. The highest BCUT2D eigenvalue weighted by molar-refractivity contribution is 9.10. The van der Waals surface area contributed by atoms with Crippen LogP contribution in [0.4, 0.5) is 10.5 Å². The van der Waals surface area contributed by atoms with Crippen LogP contribution >= 0.6 is 15.9 Å². The summed E-state index contributed by atoms with van der Waals surface area (Å²) in [5.74, 6) is 0. The summed E-state index contributed by atoms with van der Waals surface area (Å²) < 4.78 is 6.50. The molecule has 0 spiro atoms. The van der Waals surface area contributed by atoms with E-state index in [1.807, 2.05) is 30.3 Å². The number of carbonyl (C=O) groups is 1. The molecule has 6 nitrogen and oxygen atoms in total. The minimum absolute atomic E-state index is 0.0808. The number of ether oxygens (including phenoxy) is 1. The first-order valence-electron chi connectivity index (χ1n) is 6.96. The summed E-state index contributed by atoms with van der Waals surface area (Å²) in [6, 6.07) is 9.61. The molecule has 1 aliphatic heterocycles. The number of aromatic nitrogens is 2. The molecule has 1 saturated heterocycles. The van der Waals surface area contributed by atoms with Gasteiger partial charge in [0.05, 0.1) is 11.0 Å². The van der Waals surface area contributed by atoms with E-state index >= 15 is 0 Å². The van der Waals surface area contributed by atoms with E-state index < -0.39 is 0 Å². The Balaban J connectivity index is 1.53. The van der Waals surface area contributed by atoms with Crippen LogP contribution < -0.4 is 10.1 Å². The number of hydrogen-bond donors (Lipinski definition) is 1. The first-order valence-corrected chi connectivity index (χ1v) is 7.75. The Morgan fingerprint density at radius 3 is 2.73 bits per heavy atom. The lowest BCUT2D eigenvalue weighted by molar-refractivity contribution is 0.184. The van der Waals surface area contributed by atoms with Gasteiger partial charge in [0.2, 0.25) is 0 Å². The Morgan fingerprint density at radius 2 is 2.00 bits per heavy atom. The second kappa shape index (κ2) is 6.74. The topological polar surface area (TPSA) is 67.4 Å². The van der Waals surface area contributed by atoms with Crippen molar-refractivity contribution >= 4 is 27.6 Å². The number of halogens is 1. The van der Waals surface area contributed by atoms with E-state index in [9.17, 15) is 4.79 Å². The Kier molecular flexibility index (Phi) is 4.53. The fraction of sp³-hybridized carbons (Fsp3) is 0.267. The summed E-state index contributed by atoms with van der Waals surface area (Å²) in [6.45, 7) is 1.18. The van der Waals surface area contributed by atoms with Crippen molar-refractivity contribution in [2.45, 2.75) is 12.5 Å². The van der Waals surface area contributed by atoms with Gasteiger partial charge in [-0.05, 0) is 28.1 Å². The predicted molar refractivity (Wildman–Crippen MR) is 85.8 cm³/mol. The number of benzene rings is 1. The molecule has 114 valence electrons. The van der Waals surface area contributed by atoms with Crippen LogP contribution in [-0.2, 0) is 0 Å². The van der Waals surface area contributed by atoms with Gasteiger partial charge in [-0.2, -0.15) is 0 Å². The largest absolute Gasteiger partial charge is 0.458 e. The van der Waals surface area contributed by atoms with E-state index in [2.05, 4.69) is 31.2 Å². The zero-order valence-electron chi connectivity index (χ0n) is 11.8. The van der Waals surface area contributed by atoms with E-state index in [0.29, 0.717) is 19.1 Å². The zero-order chi connectivity index (χ0) is 15.4. The first kappa shape index (κ1) is 14.8. The maximum atomic E-state index is 12.2. The smallest absolute Gasteiger partial charge is 0.321 e. The Labute approximate surface area is 136 Å². The lowest BCUT2D eigenvalue weighted by Gasteiger charge is -2.17. The summed E-state index contributed by atoms with van der Waals surface area (Å²) >= 11 is 3.28. The molecular formula is C15H15BrN4O2. The van der Waals surface area contributed by atoms with Crippen LogP contribution in [-0.4, -0.2) is 40.1 Å². The molecule has 1 aliphatic rings. The Morgan fingerprint density at radius 1 is 1.27 bits per heavy atom. The summed E-state index contributed by atoms with van der Waals surface area (Å²) in [5, 5.41) is 2.87. The third-order valence-corrected chi connectivity index (χ3v) is 3.74. The van der Waals surface area contributed by atoms with Crippen LogP contribution in [0.3, 0.4) is 0 Å². The highest BCUT2D eigenvalue weighted by Gasteiger charge is 2.28. The van der Waals surface area contributed by atoms with Crippen LogP contribution in [0.15, 0.2) is 47.2 Å². The SMILES string of the molecule is O=C(Nc1ccccc1)N1CCC(Oc2ncc(Br)cn2)C1. The second-order valence-corrected chi connectivity index (χ2v) is 5.87. The van der Waals surface area contributed by atoms with Gasteiger partial charge >= 0.3 is 12.0 Å². The van der Waals surface area contributed by atoms with Crippen molar-refractivity contribution in [1.29, 1.82) is 0 Å². The van der Waals surface area contributed by atoms with Crippen molar-refractivity contribution in [3.05, 3.63) is 47.2 Å². The summed E-state index contributed by atoms with van der Waals surface area (Å²) in [4.78, 5) is 22.1. The molecule has 0 saturated carbocycles. The zero-order valence-corrected chi connectivity index (χ0v) is 13.4. The van der Waals surface area contributed by atoms with Crippen LogP contribution in [0.2, 0.25) is 0 Å². The molecule has 1 fully saturated rings. The van der Waals surface area contributed by atoms with Gasteiger partial charge in [0.15, 0.2) is 0 Å². The van der Waals surface area contributed by atoms with Crippen molar-refractivity contribution in [2.75, 3.05) is 18.4 Å². The molecule has 0 aliphatic carbocycles. The average molecular weight is 363 g/mol. The third-order valence-electron chi connectivity index (χ3n) is 3.33. The van der Waals surface area contributed by atoms with E-state index in [0.717, 1.165) is 16.6 Å². The lowest BCUT2D eigenvalue weighted by Crippen LogP contribution is -2.34. The molecule has 1 unspecified atom stereocenters. The molecule has 7 heteroatoms. The van der Waals surface area contributed by atoms with Gasteiger partial charge in [-0.25, -0.2) is 14.8 Å². The molecule has 0 radical (unpaired) electrons. The molecule has 22 heavy (non-hydrogen) atoms. The fourth-order valence-electron chi connectivity index (χ4n) is 2.24. The molecule has 1 N–H and O–H groups in total. The number of amides is 2. The molecule has 0 bridgehead atoms. The van der Waals surface area contributed by atoms with Gasteiger partial charge in [0, 0.05) is 31.0 Å². The van der Waals surface area contributed by atoms with Gasteiger partial charge < -0.3 is 15.0 Å². The van der Waals surface area contributed by atoms with Gasteiger partial charge in [-0.3, -0.25) is 0 Å². The number of rotatable bonds is 3. The summed E-state index contributed by atoms with van der Waals surface area (Å²) in [6.07, 6.45) is 3.96.